The average Bonchev–Trinajstić information content (AvgIpc) is 3.24. The Morgan fingerprint density at radius 3 is 1.86 bits per heavy atom. The van der Waals surface area contributed by atoms with E-state index in [9.17, 15) is 38.9 Å². The molecule has 0 bridgehead atoms. The van der Waals surface area contributed by atoms with Gasteiger partial charge in [0.2, 0.25) is 0 Å². The van der Waals surface area contributed by atoms with Gasteiger partial charge in [0.05, 0.1) is 20.4 Å². The first-order chi connectivity index (χ1) is 18.6. The van der Waals surface area contributed by atoms with Crippen LogP contribution in [0.1, 0.15) is 0 Å². The minimum Gasteiger partial charge on any atom is -0.744 e. The van der Waals surface area contributed by atoms with Crippen LogP contribution >= 0.6 is 11.3 Å². The van der Waals surface area contributed by atoms with Gasteiger partial charge in [-0.1, -0.05) is 47.7 Å². The van der Waals surface area contributed by atoms with Crippen molar-refractivity contribution >= 4 is 79.1 Å². The second-order valence-corrected chi connectivity index (χ2v) is 13.4. The molecule has 0 spiro atoms. The van der Waals surface area contributed by atoms with Crippen molar-refractivity contribution < 1.29 is 95.5 Å². The number of benzene rings is 4. The molecule has 43 heavy (non-hydrogen) atoms. The molecule has 20 heteroatoms. The second kappa shape index (κ2) is 13.5. The van der Waals surface area contributed by atoms with E-state index in [1.54, 1.807) is 6.07 Å². The monoisotopic (exact) mass is 638 g/mol. The maximum absolute atomic E-state index is 12.0. The van der Waals surface area contributed by atoms with Crippen molar-refractivity contribution in [1.29, 1.82) is 0 Å². The van der Waals surface area contributed by atoms with Gasteiger partial charge in [0.25, 0.3) is 0 Å². The van der Waals surface area contributed by atoms with E-state index in [4.69, 9.17) is 5.73 Å². The first kappa shape index (κ1) is 37.1. The van der Waals surface area contributed by atoms with E-state index >= 15 is 0 Å². The van der Waals surface area contributed by atoms with E-state index in [2.05, 4.69) is 15.2 Å². The Bertz CT molecular complexity index is 2230. The summed E-state index contributed by atoms with van der Waals surface area (Å²) >= 11 is 0.938. The summed E-state index contributed by atoms with van der Waals surface area (Å²) in [5, 5.41) is 8.75. The smallest absolute Gasteiger partial charge is 0.744 e. The van der Waals surface area contributed by atoms with Gasteiger partial charge >= 0.3 is 56.6 Å². The summed E-state index contributed by atoms with van der Waals surface area (Å²) in [5.41, 5.74) is 6.47. The van der Waals surface area contributed by atoms with Crippen LogP contribution in [0, 0.1) is 0 Å². The summed E-state index contributed by atoms with van der Waals surface area (Å²) < 4.78 is 106. The van der Waals surface area contributed by atoms with Crippen LogP contribution < -0.4 is 62.3 Å². The maximum Gasteiger partial charge on any atom is 1.00 e. The first-order valence-corrected chi connectivity index (χ1v) is 15.8. The molecule has 206 valence electrons. The molecule has 0 aliphatic heterocycles. The van der Waals surface area contributed by atoms with Crippen LogP contribution in [0.5, 0.6) is 0 Å². The molecule has 0 aliphatic carbocycles. The topological polar surface area (TPSA) is 235 Å². The molecule has 2 N–H and O–H groups in total. The SMILES string of the molecule is Nc1nc(-c2ccc3ccccc3c2)c(N=Nc2cc(S(=O)(=O)[O-])c3cc(S(=O)(=O)[O-])cc(S(=O)(=O)[O-])c3c2)s1.[Li+].[Li+].[Li+]. The van der Waals surface area contributed by atoms with Crippen molar-refractivity contribution in [1.82, 2.24) is 4.98 Å². The summed E-state index contributed by atoms with van der Waals surface area (Å²) in [6.45, 7) is 0. The largest absolute Gasteiger partial charge is 1.00 e. The number of nitrogens with two attached hydrogens (primary N) is 1. The first-order valence-electron chi connectivity index (χ1n) is 10.8. The van der Waals surface area contributed by atoms with Gasteiger partial charge in [0.1, 0.15) is 36.0 Å². The standard InChI is InChI=1S/C23H16N4O9S4.3Li/c24-23-25-21(14-6-5-12-3-1-2-4-13(12)7-14)22(37-23)27-26-15-8-17-18(19(9-15)39(31,32)33)10-16(38(28,29)30)11-20(17)40(34,35)36;;;/h1-11H,(H2,24,25)(H,28,29,30)(H,31,32,33)(H,34,35,36);;;/q;3*+1/p-3. The van der Waals surface area contributed by atoms with E-state index in [1.807, 2.05) is 36.4 Å². The van der Waals surface area contributed by atoms with Gasteiger partial charge in [-0.3, -0.25) is 0 Å². The molecular weight excluding hydrogens is 625 g/mol. The van der Waals surface area contributed by atoms with Crippen LogP contribution in [0.25, 0.3) is 32.8 Å². The normalized spacial score (nSPS) is 12.1. The Hall–Kier alpha value is -2.05. The number of anilines is 1. The van der Waals surface area contributed by atoms with Crippen LogP contribution in [-0.4, -0.2) is 43.9 Å². The molecular formula is C23H13Li3N4O9S4. The molecule has 1 heterocycles. The Labute approximate surface area is 285 Å². The number of rotatable bonds is 6. The number of aromatic nitrogens is 1. The summed E-state index contributed by atoms with van der Waals surface area (Å²) in [5.74, 6) is 0. The third kappa shape index (κ3) is 7.97. The van der Waals surface area contributed by atoms with Gasteiger partial charge < -0.3 is 19.4 Å². The minimum absolute atomic E-state index is 0. The molecule has 5 aromatic rings. The van der Waals surface area contributed by atoms with Crippen LogP contribution in [0.2, 0.25) is 0 Å². The second-order valence-electron chi connectivity index (χ2n) is 8.29. The number of fused-ring (bicyclic) bond motifs is 2. The van der Waals surface area contributed by atoms with Crippen molar-refractivity contribution in [3.8, 4) is 11.3 Å². The molecule has 0 unspecified atom stereocenters. The van der Waals surface area contributed by atoms with Crippen molar-refractivity contribution in [2.75, 3.05) is 5.73 Å². The van der Waals surface area contributed by atoms with Crippen molar-refractivity contribution in [2.45, 2.75) is 14.7 Å². The molecule has 4 aromatic carbocycles. The third-order valence-corrected chi connectivity index (χ3v) is 9.02. The number of hydrogen-bond acceptors (Lipinski definition) is 14. The summed E-state index contributed by atoms with van der Waals surface area (Å²) in [6, 6.07) is 15.4. The number of hydrogen-bond donors (Lipinski definition) is 1. The average molecular weight is 638 g/mol. The summed E-state index contributed by atoms with van der Waals surface area (Å²) in [7, 11) is -16.2. The number of azo groups is 1. The number of thiazole rings is 1. The summed E-state index contributed by atoms with van der Waals surface area (Å²) in [4.78, 5) is 0.708. The molecule has 0 amide bonds. The van der Waals surface area contributed by atoms with Crippen molar-refractivity contribution in [2.24, 2.45) is 10.2 Å². The number of nitrogen functional groups attached to an aromatic ring is 1. The Morgan fingerprint density at radius 2 is 1.26 bits per heavy atom. The Morgan fingerprint density at radius 1 is 0.674 bits per heavy atom. The van der Waals surface area contributed by atoms with Crippen molar-refractivity contribution in [3.05, 3.63) is 66.7 Å². The van der Waals surface area contributed by atoms with Crippen LogP contribution in [-0.2, 0) is 30.4 Å². The zero-order chi connectivity index (χ0) is 29.0. The molecule has 5 rings (SSSR count). The zero-order valence-electron chi connectivity index (χ0n) is 22.6. The molecule has 13 nitrogen and oxygen atoms in total. The molecule has 0 saturated heterocycles. The van der Waals surface area contributed by atoms with Gasteiger partial charge in [0.15, 0.2) is 10.1 Å². The predicted octanol–water partition coefficient (Wildman–Crippen LogP) is -5.16. The van der Waals surface area contributed by atoms with Gasteiger partial charge in [0, 0.05) is 16.3 Å². The van der Waals surface area contributed by atoms with Gasteiger partial charge in [-0.25, -0.2) is 30.2 Å². The fourth-order valence-electron chi connectivity index (χ4n) is 4.00. The van der Waals surface area contributed by atoms with Crippen LogP contribution in [0.15, 0.2) is 91.6 Å². The van der Waals surface area contributed by atoms with Gasteiger partial charge in [-0.05, 0) is 41.1 Å². The zero-order valence-corrected chi connectivity index (χ0v) is 25.8. The molecule has 0 saturated carbocycles. The molecule has 0 atom stereocenters. The van der Waals surface area contributed by atoms with E-state index < -0.39 is 55.8 Å². The molecule has 1 aromatic heterocycles. The fourth-order valence-corrected chi connectivity index (χ4v) is 6.68. The number of nitrogens with zero attached hydrogens (tertiary/aromatic N) is 3. The van der Waals surface area contributed by atoms with E-state index in [0.29, 0.717) is 23.4 Å². The maximum atomic E-state index is 12.0. The van der Waals surface area contributed by atoms with Gasteiger partial charge in [-0.2, -0.15) is 0 Å². The predicted molar refractivity (Wildman–Crippen MR) is 141 cm³/mol. The Kier molecular flexibility index (Phi) is 11.7. The van der Waals surface area contributed by atoms with E-state index in [1.165, 1.54) is 0 Å². The summed E-state index contributed by atoms with van der Waals surface area (Å²) in [6.07, 6.45) is 0. The van der Waals surface area contributed by atoms with E-state index in [0.717, 1.165) is 28.2 Å². The fraction of sp³-hybridized carbons (Fsp3) is 0. The third-order valence-electron chi connectivity index (χ3n) is 5.68. The van der Waals surface area contributed by atoms with Crippen LogP contribution in [0.3, 0.4) is 0 Å². The van der Waals surface area contributed by atoms with Crippen molar-refractivity contribution in [3.63, 3.8) is 0 Å². The quantitative estimate of drug-likeness (QED) is 0.105. The van der Waals surface area contributed by atoms with Crippen LogP contribution in [0.4, 0.5) is 15.8 Å². The Balaban J connectivity index is 0.00000215. The van der Waals surface area contributed by atoms with Gasteiger partial charge in [-0.15, -0.1) is 10.2 Å². The van der Waals surface area contributed by atoms with E-state index in [-0.39, 0.29) is 78.5 Å². The molecule has 0 aliphatic rings. The molecule has 0 radical (unpaired) electrons. The molecule has 0 fully saturated rings. The minimum atomic E-state index is -5.46.